The summed E-state index contributed by atoms with van der Waals surface area (Å²) in [7, 11) is 1.53. The lowest BCUT2D eigenvalue weighted by Crippen LogP contribution is -2.55. The predicted molar refractivity (Wildman–Crippen MR) is 106 cm³/mol. The number of morpholine rings is 1. The van der Waals surface area contributed by atoms with Crippen molar-refractivity contribution in [1.29, 1.82) is 0 Å². The van der Waals surface area contributed by atoms with E-state index in [1.54, 1.807) is 18.2 Å². The molecule has 1 aromatic rings. The first kappa shape index (κ1) is 21.2. The maximum Gasteiger partial charge on any atom is 0.242 e. The molecule has 27 heavy (non-hydrogen) atoms. The number of carbonyl (C=O) groups is 2. The van der Waals surface area contributed by atoms with Gasteiger partial charge in [0.1, 0.15) is 5.75 Å². The summed E-state index contributed by atoms with van der Waals surface area (Å²) >= 11 is 0. The van der Waals surface area contributed by atoms with Crippen LogP contribution in [0.15, 0.2) is 18.2 Å². The van der Waals surface area contributed by atoms with Crippen molar-refractivity contribution in [3.8, 4) is 5.75 Å². The van der Waals surface area contributed by atoms with Crippen molar-refractivity contribution in [2.75, 3.05) is 30.8 Å². The Labute approximate surface area is 161 Å². The number of ether oxygens (including phenoxy) is 2. The summed E-state index contributed by atoms with van der Waals surface area (Å²) < 4.78 is 11.1. The highest BCUT2D eigenvalue weighted by molar-refractivity contribution is 5.96. The van der Waals surface area contributed by atoms with E-state index in [0.717, 1.165) is 13.1 Å². The van der Waals surface area contributed by atoms with Crippen LogP contribution in [0, 0.1) is 5.92 Å². The lowest BCUT2D eigenvalue weighted by Gasteiger charge is -2.41. The molecular formula is C20H31N3O4. The Bertz CT molecular complexity index is 667. The van der Waals surface area contributed by atoms with Gasteiger partial charge in [-0.3, -0.25) is 14.5 Å². The first-order valence-corrected chi connectivity index (χ1v) is 9.37. The lowest BCUT2D eigenvalue weighted by atomic mass is 9.99. The molecular weight excluding hydrogens is 346 g/mol. The van der Waals surface area contributed by atoms with E-state index in [2.05, 4.69) is 29.4 Å². The van der Waals surface area contributed by atoms with Crippen molar-refractivity contribution in [1.82, 2.24) is 4.90 Å². The van der Waals surface area contributed by atoms with Gasteiger partial charge in [0.25, 0.3) is 0 Å². The van der Waals surface area contributed by atoms with E-state index in [0.29, 0.717) is 17.1 Å². The van der Waals surface area contributed by atoms with E-state index in [4.69, 9.17) is 9.47 Å². The number of nitrogens with one attached hydrogen (secondary N) is 2. The van der Waals surface area contributed by atoms with Gasteiger partial charge in [0.15, 0.2) is 0 Å². The first-order valence-electron chi connectivity index (χ1n) is 9.37. The van der Waals surface area contributed by atoms with E-state index < -0.39 is 0 Å². The molecule has 1 aromatic carbocycles. The third kappa shape index (κ3) is 5.68. The number of rotatable bonds is 6. The number of hydrogen-bond donors (Lipinski definition) is 2. The third-order valence-electron chi connectivity index (χ3n) is 4.52. The van der Waals surface area contributed by atoms with Crippen molar-refractivity contribution >= 4 is 23.2 Å². The van der Waals surface area contributed by atoms with Crippen molar-refractivity contribution in [3.63, 3.8) is 0 Å². The van der Waals surface area contributed by atoms with Crippen LogP contribution >= 0.6 is 0 Å². The predicted octanol–water partition coefficient (Wildman–Crippen LogP) is 2.73. The smallest absolute Gasteiger partial charge is 0.242 e. The van der Waals surface area contributed by atoms with E-state index in [1.165, 1.54) is 14.0 Å². The lowest BCUT2D eigenvalue weighted by molar-refractivity contribution is -0.130. The molecule has 1 fully saturated rings. The second-order valence-corrected chi connectivity index (χ2v) is 7.49. The maximum atomic E-state index is 13.0. The number of nitrogens with zero attached hydrogens (tertiary/aromatic N) is 1. The summed E-state index contributed by atoms with van der Waals surface area (Å²) in [5.41, 5.74) is 1.20. The maximum absolute atomic E-state index is 13.0. The molecule has 0 bridgehead atoms. The van der Waals surface area contributed by atoms with Crippen molar-refractivity contribution in [2.45, 2.75) is 52.9 Å². The molecule has 0 radical (unpaired) electrons. The van der Waals surface area contributed by atoms with E-state index >= 15 is 0 Å². The molecule has 1 aliphatic rings. The average molecular weight is 377 g/mol. The first-order chi connectivity index (χ1) is 12.7. The Morgan fingerprint density at radius 2 is 1.81 bits per heavy atom. The molecule has 1 aliphatic heterocycles. The highest BCUT2D eigenvalue weighted by atomic mass is 16.5. The largest absolute Gasteiger partial charge is 0.494 e. The Hall–Kier alpha value is -2.12. The average Bonchev–Trinajstić information content (AvgIpc) is 2.54. The minimum Gasteiger partial charge on any atom is -0.494 e. The van der Waals surface area contributed by atoms with Crippen LogP contribution in [0.5, 0.6) is 5.75 Å². The molecule has 0 spiro atoms. The zero-order valence-electron chi connectivity index (χ0n) is 17.0. The van der Waals surface area contributed by atoms with Gasteiger partial charge in [-0.15, -0.1) is 0 Å². The highest BCUT2D eigenvalue weighted by Gasteiger charge is 2.34. The number of hydrogen-bond acceptors (Lipinski definition) is 5. The highest BCUT2D eigenvalue weighted by Crippen LogP contribution is 2.28. The Morgan fingerprint density at radius 1 is 1.19 bits per heavy atom. The number of benzene rings is 1. The normalized spacial score (nSPS) is 21.6. The third-order valence-corrected chi connectivity index (χ3v) is 4.52. The number of carbonyl (C=O) groups excluding carboxylic acids is 2. The zero-order valence-corrected chi connectivity index (χ0v) is 17.0. The number of amides is 2. The molecule has 3 atom stereocenters. The Morgan fingerprint density at radius 3 is 2.33 bits per heavy atom. The van der Waals surface area contributed by atoms with Crippen LogP contribution in [-0.4, -0.2) is 55.2 Å². The van der Waals surface area contributed by atoms with Crippen LogP contribution < -0.4 is 15.4 Å². The van der Waals surface area contributed by atoms with Gasteiger partial charge in [-0.2, -0.15) is 0 Å². The molecule has 1 heterocycles. The monoisotopic (exact) mass is 377 g/mol. The van der Waals surface area contributed by atoms with Gasteiger partial charge in [-0.25, -0.2) is 0 Å². The molecule has 0 saturated carbocycles. The van der Waals surface area contributed by atoms with Crippen molar-refractivity contribution in [2.24, 2.45) is 5.92 Å². The van der Waals surface area contributed by atoms with Crippen molar-refractivity contribution in [3.05, 3.63) is 18.2 Å². The molecule has 2 rings (SSSR count). The molecule has 7 nitrogen and oxygen atoms in total. The minimum atomic E-state index is -0.250. The molecule has 3 unspecified atom stereocenters. The zero-order chi connectivity index (χ0) is 20.1. The van der Waals surface area contributed by atoms with Crippen LogP contribution in [0.25, 0.3) is 0 Å². The second-order valence-electron chi connectivity index (χ2n) is 7.49. The number of methoxy groups -OCH3 is 1. The Balaban J connectivity index is 2.16. The molecule has 2 amide bonds. The fourth-order valence-electron chi connectivity index (χ4n) is 3.61. The standard InChI is InChI=1S/C20H31N3O4/c1-12(2)19(23-10-13(3)27-14(4)11-23)20(25)22-16-7-8-17(21-15(5)24)18(9-16)26-6/h7-9,12-14,19H,10-11H2,1-6H3,(H,21,24)(H,22,25). The molecule has 1 saturated heterocycles. The molecule has 150 valence electrons. The van der Waals surface area contributed by atoms with Gasteiger partial charge >= 0.3 is 0 Å². The molecule has 7 heteroatoms. The van der Waals surface area contributed by atoms with E-state index in [9.17, 15) is 9.59 Å². The van der Waals surface area contributed by atoms with Gasteiger partial charge in [-0.05, 0) is 31.9 Å². The molecule has 2 N–H and O–H groups in total. The summed E-state index contributed by atoms with van der Waals surface area (Å²) in [4.78, 5) is 26.5. The summed E-state index contributed by atoms with van der Waals surface area (Å²) in [6.07, 6.45) is 0.194. The van der Waals surface area contributed by atoms with Gasteiger partial charge < -0.3 is 20.1 Å². The van der Waals surface area contributed by atoms with Gasteiger partial charge in [0.2, 0.25) is 11.8 Å². The summed E-state index contributed by atoms with van der Waals surface area (Å²) in [6.45, 7) is 11.1. The fraction of sp³-hybridized carbons (Fsp3) is 0.600. The van der Waals surface area contributed by atoms with Crippen LogP contribution in [0.2, 0.25) is 0 Å². The Kier molecular flexibility index (Phi) is 7.21. The van der Waals surface area contributed by atoms with Gasteiger partial charge in [0.05, 0.1) is 31.0 Å². The van der Waals surface area contributed by atoms with Crippen LogP contribution in [0.1, 0.15) is 34.6 Å². The van der Waals surface area contributed by atoms with Crippen LogP contribution in [-0.2, 0) is 14.3 Å². The van der Waals surface area contributed by atoms with Gasteiger partial charge in [0, 0.05) is 31.8 Å². The minimum absolute atomic E-state index is 0.0550. The number of anilines is 2. The second kappa shape index (κ2) is 9.19. The quantitative estimate of drug-likeness (QED) is 0.797. The summed E-state index contributed by atoms with van der Waals surface area (Å²) in [6, 6.07) is 4.94. The molecule has 0 aromatic heterocycles. The van der Waals surface area contributed by atoms with E-state index in [1.807, 2.05) is 13.8 Å². The van der Waals surface area contributed by atoms with Crippen molar-refractivity contribution < 1.29 is 19.1 Å². The SMILES string of the molecule is COc1cc(NC(=O)C(C(C)C)N2CC(C)OC(C)C2)ccc1NC(C)=O. The van der Waals surface area contributed by atoms with Crippen LogP contribution in [0.3, 0.4) is 0 Å². The van der Waals surface area contributed by atoms with Crippen LogP contribution in [0.4, 0.5) is 11.4 Å². The molecule has 0 aliphatic carbocycles. The topological polar surface area (TPSA) is 79.9 Å². The fourth-order valence-corrected chi connectivity index (χ4v) is 3.61. The van der Waals surface area contributed by atoms with Gasteiger partial charge in [-0.1, -0.05) is 13.8 Å². The van der Waals surface area contributed by atoms with E-state index in [-0.39, 0.29) is 36.0 Å². The summed E-state index contributed by atoms with van der Waals surface area (Å²) in [5.74, 6) is 0.418. The summed E-state index contributed by atoms with van der Waals surface area (Å²) in [5, 5.41) is 5.70.